The summed E-state index contributed by atoms with van der Waals surface area (Å²) in [5.74, 6) is -0.153. The van der Waals surface area contributed by atoms with Crippen LogP contribution < -0.4 is 11.1 Å². The first-order chi connectivity index (χ1) is 8.05. The van der Waals surface area contributed by atoms with Gasteiger partial charge in [0.1, 0.15) is 0 Å². The van der Waals surface area contributed by atoms with E-state index in [1.165, 1.54) is 0 Å². The third-order valence-corrected chi connectivity index (χ3v) is 4.16. The molecule has 0 fully saturated rings. The Hall–Kier alpha value is -0.580. The van der Waals surface area contributed by atoms with Gasteiger partial charge in [-0.05, 0) is 45.9 Å². The van der Waals surface area contributed by atoms with Crippen molar-refractivity contribution in [2.24, 2.45) is 11.1 Å². The van der Waals surface area contributed by atoms with Crippen LogP contribution in [-0.4, -0.2) is 11.4 Å². The van der Waals surface area contributed by atoms with Gasteiger partial charge in [-0.25, -0.2) is 0 Å². The van der Waals surface area contributed by atoms with Gasteiger partial charge >= 0.3 is 0 Å². The molecule has 0 atom stereocenters. The van der Waals surface area contributed by atoms with Gasteiger partial charge in [-0.2, -0.15) is 0 Å². The highest BCUT2D eigenvalue weighted by atomic mass is 79.9. The average molecular weight is 334 g/mol. The van der Waals surface area contributed by atoms with E-state index in [1.807, 2.05) is 33.8 Å². The molecule has 0 aliphatic heterocycles. The number of rotatable bonds is 3. The number of halogens is 2. The molecule has 0 unspecified atom stereocenters. The van der Waals surface area contributed by atoms with Crippen LogP contribution in [-0.2, 0) is 4.79 Å². The SMILES string of the molecule is CC(C)(N)C(C)(C)C(=O)Nc1ccc(Br)cc1Cl. The average Bonchev–Trinajstić information content (AvgIpc) is 2.20. The molecule has 1 amide bonds. The Morgan fingerprint density at radius 3 is 2.33 bits per heavy atom. The van der Waals surface area contributed by atoms with E-state index in [-0.39, 0.29) is 5.91 Å². The maximum absolute atomic E-state index is 12.3. The van der Waals surface area contributed by atoms with E-state index < -0.39 is 11.0 Å². The minimum absolute atomic E-state index is 0.153. The Bertz CT molecular complexity index is 467. The van der Waals surface area contributed by atoms with E-state index in [0.717, 1.165) is 4.47 Å². The molecule has 100 valence electrons. The van der Waals surface area contributed by atoms with E-state index in [4.69, 9.17) is 17.3 Å². The van der Waals surface area contributed by atoms with Crippen LogP contribution in [0.2, 0.25) is 5.02 Å². The highest BCUT2D eigenvalue weighted by Gasteiger charge is 2.40. The molecule has 0 radical (unpaired) electrons. The summed E-state index contributed by atoms with van der Waals surface area (Å²) in [6.07, 6.45) is 0. The predicted octanol–water partition coefficient (Wildman–Crippen LogP) is 3.80. The minimum atomic E-state index is -0.705. The van der Waals surface area contributed by atoms with Crippen molar-refractivity contribution in [3.8, 4) is 0 Å². The summed E-state index contributed by atoms with van der Waals surface area (Å²) in [5.41, 5.74) is 5.28. The van der Waals surface area contributed by atoms with Crippen molar-refractivity contribution in [2.45, 2.75) is 33.2 Å². The summed E-state index contributed by atoms with van der Waals surface area (Å²) in [7, 11) is 0. The molecule has 0 aromatic heterocycles. The minimum Gasteiger partial charge on any atom is -0.325 e. The van der Waals surface area contributed by atoms with E-state index in [9.17, 15) is 4.79 Å². The van der Waals surface area contributed by atoms with Gasteiger partial charge in [-0.15, -0.1) is 0 Å². The third-order valence-electron chi connectivity index (χ3n) is 3.36. The Balaban J connectivity index is 2.95. The molecular formula is C13H18BrClN2O. The molecule has 1 aromatic rings. The monoisotopic (exact) mass is 332 g/mol. The van der Waals surface area contributed by atoms with Crippen molar-refractivity contribution in [1.82, 2.24) is 0 Å². The lowest BCUT2D eigenvalue weighted by Gasteiger charge is -2.36. The van der Waals surface area contributed by atoms with Gasteiger partial charge in [0, 0.05) is 10.0 Å². The first kappa shape index (κ1) is 15.5. The van der Waals surface area contributed by atoms with Crippen LogP contribution in [0.3, 0.4) is 0 Å². The number of hydrogen-bond donors (Lipinski definition) is 2. The Kier molecular flexibility index (Phi) is 4.47. The van der Waals surface area contributed by atoms with Crippen molar-refractivity contribution in [3.63, 3.8) is 0 Å². The number of amides is 1. The van der Waals surface area contributed by atoms with E-state index in [2.05, 4.69) is 21.2 Å². The number of carbonyl (C=O) groups is 1. The van der Waals surface area contributed by atoms with E-state index in [1.54, 1.807) is 12.1 Å². The third kappa shape index (κ3) is 3.25. The zero-order chi connectivity index (χ0) is 14.1. The summed E-state index contributed by atoms with van der Waals surface area (Å²) in [6.45, 7) is 7.29. The van der Waals surface area contributed by atoms with Crippen molar-refractivity contribution in [1.29, 1.82) is 0 Å². The van der Waals surface area contributed by atoms with Crippen LogP contribution in [0.1, 0.15) is 27.7 Å². The van der Waals surface area contributed by atoms with Gasteiger partial charge in [0.25, 0.3) is 0 Å². The molecule has 0 aliphatic carbocycles. The molecule has 0 bridgehead atoms. The summed E-state index contributed by atoms with van der Waals surface area (Å²) in [6, 6.07) is 5.31. The summed E-state index contributed by atoms with van der Waals surface area (Å²) < 4.78 is 0.865. The maximum atomic E-state index is 12.3. The Morgan fingerprint density at radius 1 is 1.33 bits per heavy atom. The number of benzene rings is 1. The van der Waals surface area contributed by atoms with Crippen LogP contribution >= 0.6 is 27.5 Å². The lowest BCUT2D eigenvalue weighted by molar-refractivity contribution is -0.126. The van der Waals surface area contributed by atoms with Crippen molar-refractivity contribution in [3.05, 3.63) is 27.7 Å². The Morgan fingerprint density at radius 2 is 1.89 bits per heavy atom. The molecule has 1 rings (SSSR count). The molecule has 0 saturated carbocycles. The lowest BCUT2D eigenvalue weighted by Crippen LogP contribution is -2.53. The van der Waals surface area contributed by atoms with E-state index in [0.29, 0.717) is 10.7 Å². The Labute approximate surface area is 121 Å². The molecule has 0 heterocycles. The fourth-order valence-corrected chi connectivity index (χ4v) is 1.88. The normalized spacial score (nSPS) is 12.4. The quantitative estimate of drug-likeness (QED) is 0.884. The summed E-state index contributed by atoms with van der Waals surface area (Å²) in [4.78, 5) is 12.3. The van der Waals surface area contributed by atoms with Gasteiger partial charge in [0.15, 0.2) is 0 Å². The van der Waals surface area contributed by atoms with Gasteiger partial charge in [-0.1, -0.05) is 27.5 Å². The second-order valence-electron chi connectivity index (χ2n) is 5.42. The van der Waals surface area contributed by atoms with Crippen molar-refractivity contribution in [2.75, 3.05) is 5.32 Å². The first-order valence-electron chi connectivity index (χ1n) is 5.61. The number of nitrogens with two attached hydrogens (primary N) is 1. The molecule has 3 nitrogen and oxygen atoms in total. The van der Waals surface area contributed by atoms with Crippen LogP contribution in [0.4, 0.5) is 5.69 Å². The predicted molar refractivity (Wildman–Crippen MR) is 79.8 cm³/mol. The van der Waals surface area contributed by atoms with Gasteiger partial charge in [-0.3, -0.25) is 4.79 Å². The molecule has 3 N–H and O–H groups in total. The second-order valence-corrected chi connectivity index (χ2v) is 6.75. The van der Waals surface area contributed by atoms with Gasteiger partial charge in [0.2, 0.25) is 5.91 Å². The molecule has 0 aliphatic rings. The number of hydrogen-bond acceptors (Lipinski definition) is 2. The summed E-state index contributed by atoms with van der Waals surface area (Å²) in [5, 5.41) is 3.30. The van der Waals surface area contributed by atoms with Crippen molar-refractivity contribution < 1.29 is 4.79 Å². The molecular weight excluding hydrogens is 316 g/mol. The van der Waals surface area contributed by atoms with Crippen molar-refractivity contribution >= 4 is 39.1 Å². The summed E-state index contributed by atoms with van der Waals surface area (Å²) >= 11 is 9.38. The van der Waals surface area contributed by atoms with Gasteiger partial charge < -0.3 is 11.1 Å². The molecule has 18 heavy (non-hydrogen) atoms. The second kappa shape index (κ2) is 5.19. The molecule has 5 heteroatoms. The van der Waals surface area contributed by atoms with Crippen LogP contribution in [0.15, 0.2) is 22.7 Å². The molecule has 0 saturated heterocycles. The molecule has 0 spiro atoms. The smallest absolute Gasteiger partial charge is 0.231 e. The highest BCUT2D eigenvalue weighted by molar-refractivity contribution is 9.10. The lowest BCUT2D eigenvalue weighted by atomic mass is 9.74. The fourth-order valence-electron chi connectivity index (χ4n) is 1.16. The number of carbonyl (C=O) groups excluding carboxylic acids is 1. The van der Waals surface area contributed by atoms with Gasteiger partial charge in [0.05, 0.1) is 16.1 Å². The highest BCUT2D eigenvalue weighted by Crippen LogP contribution is 2.32. The zero-order valence-corrected chi connectivity index (χ0v) is 13.3. The topological polar surface area (TPSA) is 55.1 Å². The standard InChI is InChI=1S/C13H18BrClN2O/c1-12(2,13(3,4)16)11(18)17-10-6-5-8(14)7-9(10)15/h5-7H,16H2,1-4H3,(H,17,18). The molecule has 1 aromatic carbocycles. The van der Waals surface area contributed by atoms with Crippen LogP contribution in [0.5, 0.6) is 0 Å². The zero-order valence-electron chi connectivity index (χ0n) is 11.0. The number of anilines is 1. The fraction of sp³-hybridized carbons (Fsp3) is 0.462. The maximum Gasteiger partial charge on any atom is 0.231 e. The largest absolute Gasteiger partial charge is 0.325 e. The van der Waals surface area contributed by atoms with E-state index >= 15 is 0 Å². The van der Waals surface area contributed by atoms with Crippen LogP contribution in [0.25, 0.3) is 0 Å². The first-order valence-corrected chi connectivity index (χ1v) is 6.78. The number of nitrogens with one attached hydrogen (secondary N) is 1. The van der Waals surface area contributed by atoms with Crippen LogP contribution in [0, 0.1) is 5.41 Å².